The maximum Gasteiger partial charge on any atom is 0.0305 e. The van der Waals surface area contributed by atoms with Gasteiger partial charge in [-0.1, -0.05) is 48.0 Å². The Morgan fingerprint density at radius 1 is 1.07 bits per heavy atom. The van der Waals surface area contributed by atoms with Crippen molar-refractivity contribution in [2.45, 2.75) is 39.8 Å². The number of hydrogen-bond donors (Lipinski definition) is 1. The first-order valence-corrected chi connectivity index (χ1v) is 6.32. The van der Waals surface area contributed by atoms with Crippen LogP contribution in [0, 0.1) is 5.92 Å². The Bertz CT molecular complexity index is 309. The fourth-order valence-corrected chi connectivity index (χ4v) is 2.13. The van der Waals surface area contributed by atoms with Gasteiger partial charge in [0.05, 0.1) is 0 Å². The molecule has 0 heterocycles. The molecule has 1 aromatic rings. The molecule has 0 radical (unpaired) electrons. The van der Waals surface area contributed by atoms with Gasteiger partial charge >= 0.3 is 0 Å². The van der Waals surface area contributed by atoms with E-state index in [4.69, 9.17) is 0 Å². The lowest BCUT2D eigenvalue weighted by Gasteiger charge is -2.23. The van der Waals surface area contributed by atoms with Crippen LogP contribution in [0.1, 0.15) is 39.3 Å². The van der Waals surface area contributed by atoms with Crippen LogP contribution in [0.4, 0.5) is 0 Å². The van der Waals surface area contributed by atoms with Crippen LogP contribution in [0.5, 0.6) is 0 Å². The zero-order valence-corrected chi connectivity index (χ0v) is 11.5. The Balaban J connectivity index is 2.69. The molecule has 1 rings (SSSR count). The second-order valence-electron chi connectivity index (χ2n) is 4.44. The van der Waals surface area contributed by atoms with Crippen molar-refractivity contribution in [3.8, 4) is 0 Å². The summed E-state index contributed by atoms with van der Waals surface area (Å²) in [6.45, 7) is 8.92. The molecule has 84 valence electrons. The third-order valence-corrected chi connectivity index (χ3v) is 3.61. The first-order valence-electron chi connectivity index (χ1n) is 5.53. The summed E-state index contributed by atoms with van der Waals surface area (Å²) in [4.78, 5) is 0. The van der Waals surface area contributed by atoms with Gasteiger partial charge in [0.15, 0.2) is 0 Å². The molecule has 15 heavy (non-hydrogen) atoms. The molecule has 1 N–H and O–H groups in total. The van der Waals surface area contributed by atoms with Gasteiger partial charge in [-0.15, -0.1) is 0 Å². The Hall–Kier alpha value is -0.340. The highest BCUT2D eigenvalue weighted by atomic mass is 79.9. The molecule has 0 aliphatic heterocycles. The molecule has 0 amide bonds. The van der Waals surface area contributed by atoms with Gasteiger partial charge in [-0.2, -0.15) is 0 Å². The van der Waals surface area contributed by atoms with E-state index in [1.807, 2.05) is 6.07 Å². The predicted octanol–water partition coefficient (Wildman–Crippen LogP) is 4.14. The van der Waals surface area contributed by atoms with Crippen molar-refractivity contribution in [2.75, 3.05) is 0 Å². The zero-order chi connectivity index (χ0) is 11.4. The van der Waals surface area contributed by atoms with Crippen LogP contribution in [0.2, 0.25) is 0 Å². The summed E-state index contributed by atoms with van der Waals surface area (Å²) in [6.07, 6.45) is 0. The van der Waals surface area contributed by atoms with Gasteiger partial charge in [-0.3, -0.25) is 0 Å². The third-order valence-electron chi connectivity index (χ3n) is 2.88. The Morgan fingerprint density at radius 2 is 1.67 bits per heavy atom. The molecule has 1 nitrogen and oxygen atoms in total. The van der Waals surface area contributed by atoms with Crippen LogP contribution >= 0.6 is 15.9 Å². The van der Waals surface area contributed by atoms with E-state index in [9.17, 15) is 0 Å². The molecule has 0 unspecified atom stereocenters. The molecule has 0 aliphatic rings. The lowest BCUT2D eigenvalue weighted by atomic mass is 10.0. The largest absolute Gasteiger partial charge is 0.307 e. The predicted molar refractivity (Wildman–Crippen MR) is 70.0 cm³/mol. The van der Waals surface area contributed by atoms with Crippen molar-refractivity contribution < 1.29 is 0 Å². The molecule has 1 aromatic carbocycles. The van der Waals surface area contributed by atoms with Crippen molar-refractivity contribution in [1.82, 2.24) is 5.32 Å². The fourth-order valence-electron chi connectivity index (χ4n) is 1.50. The summed E-state index contributed by atoms with van der Waals surface area (Å²) in [7, 11) is 0. The lowest BCUT2D eigenvalue weighted by molar-refractivity contribution is 0.388. The van der Waals surface area contributed by atoms with Gasteiger partial charge in [0.1, 0.15) is 0 Å². The van der Waals surface area contributed by atoms with E-state index in [1.165, 1.54) is 10.0 Å². The minimum atomic E-state index is 0.387. The standard InChI is InChI=1S/C13H20BrN/c1-9(2)10(3)15-11(4)12-7-5-6-8-13(12)14/h5-11,15H,1-4H3/t10-,11+/m1/s1. The highest BCUT2D eigenvalue weighted by molar-refractivity contribution is 9.10. The third kappa shape index (κ3) is 3.62. The van der Waals surface area contributed by atoms with Gasteiger partial charge in [0.2, 0.25) is 0 Å². The van der Waals surface area contributed by atoms with Crippen molar-refractivity contribution in [3.05, 3.63) is 34.3 Å². The molecular formula is C13H20BrN. The van der Waals surface area contributed by atoms with Gasteiger partial charge in [0, 0.05) is 16.6 Å². The van der Waals surface area contributed by atoms with Crippen LogP contribution in [0.3, 0.4) is 0 Å². The molecule has 0 fully saturated rings. The minimum Gasteiger partial charge on any atom is -0.307 e. The Labute approximate surface area is 101 Å². The van der Waals surface area contributed by atoms with Gasteiger partial charge in [0.25, 0.3) is 0 Å². The van der Waals surface area contributed by atoms with E-state index in [2.05, 4.69) is 67.1 Å². The second-order valence-corrected chi connectivity index (χ2v) is 5.30. The number of nitrogens with one attached hydrogen (secondary N) is 1. The van der Waals surface area contributed by atoms with Crippen molar-refractivity contribution in [2.24, 2.45) is 5.92 Å². The van der Waals surface area contributed by atoms with Crippen molar-refractivity contribution in [3.63, 3.8) is 0 Å². The van der Waals surface area contributed by atoms with E-state index >= 15 is 0 Å². The highest BCUT2D eigenvalue weighted by Crippen LogP contribution is 2.23. The van der Waals surface area contributed by atoms with Gasteiger partial charge in [-0.05, 0) is 31.4 Å². The van der Waals surface area contributed by atoms with Gasteiger partial charge in [-0.25, -0.2) is 0 Å². The highest BCUT2D eigenvalue weighted by Gasteiger charge is 2.13. The quantitative estimate of drug-likeness (QED) is 0.866. The Morgan fingerprint density at radius 3 is 2.20 bits per heavy atom. The molecular weight excluding hydrogens is 250 g/mol. The molecule has 0 saturated carbocycles. The summed E-state index contributed by atoms with van der Waals surface area (Å²) in [5.74, 6) is 0.662. The Kier molecular flexibility index (Phi) is 4.81. The molecule has 2 heteroatoms. The summed E-state index contributed by atoms with van der Waals surface area (Å²) < 4.78 is 1.18. The average Bonchev–Trinajstić information content (AvgIpc) is 2.18. The number of rotatable bonds is 4. The zero-order valence-electron chi connectivity index (χ0n) is 9.92. The molecule has 2 atom stereocenters. The van der Waals surface area contributed by atoms with Crippen LogP contribution < -0.4 is 5.32 Å². The topological polar surface area (TPSA) is 12.0 Å². The summed E-state index contributed by atoms with van der Waals surface area (Å²) in [5, 5.41) is 3.61. The van der Waals surface area contributed by atoms with Gasteiger partial charge < -0.3 is 5.32 Å². The van der Waals surface area contributed by atoms with Crippen LogP contribution in [-0.2, 0) is 0 Å². The first kappa shape index (κ1) is 12.7. The summed E-state index contributed by atoms with van der Waals surface area (Å²) >= 11 is 3.58. The summed E-state index contributed by atoms with van der Waals surface area (Å²) in [6, 6.07) is 9.30. The van der Waals surface area contributed by atoms with E-state index in [-0.39, 0.29) is 0 Å². The number of halogens is 1. The van der Waals surface area contributed by atoms with E-state index in [1.54, 1.807) is 0 Å². The second kappa shape index (κ2) is 5.66. The average molecular weight is 270 g/mol. The maximum atomic E-state index is 3.61. The lowest BCUT2D eigenvalue weighted by Crippen LogP contribution is -2.33. The van der Waals surface area contributed by atoms with E-state index in [0.29, 0.717) is 18.0 Å². The molecule has 0 aliphatic carbocycles. The monoisotopic (exact) mass is 269 g/mol. The molecule has 0 aromatic heterocycles. The molecule has 0 saturated heterocycles. The molecule has 0 bridgehead atoms. The maximum absolute atomic E-state index is 3.61. The normalized spacial score (nSPS) is 15.3. The van der Waals surface area contributed by atoms with Crippen molar-refractivity contribution >= 4 is 15.9 Å². The summed E-state index contributed by atoms with van der Waals surface area (Å²) in [5.41, 5.74) is 1.32. The van der Waals surface area contributed by atoms with E-state index in [0.717, 1.165) is 0 Å². The SMILES string of the molecule is CC(C)[C@@H](C)N[C@@H](C)c1ccccc1Br. The van der Waals surface area contributed by atoms with Crippen LogP contribution in [0.25, 0.3) is 0 Å². The van der Waals surface area contributed by atoms with E-state index < -0.39 is 0 Å². The number of hydrogen-bond acceptors (Lipinski definition) is 1. The van der Waals surface area contributed by atoms with Crippen molar-refractivity contribution in [1.29, 1.82) is 0 Å². The van der Waals surface area contributed by atoms with Crippen LogP contribution in [-0.4, -0.2) is 6.04 Å². The van der Waals surface area contributed by atoms with Crippen LogP contribution in [0.15, 0.2) is 28.7 Å². The smallest absolute Gasteiger partial charge is 0.0305 e. The first-order chi connectivity index (χ1) is 7.02. The fraction of sp³-hybridized carbons (Fsp3) is 0.538. The number of benzene rings is 1. The molecule has 0 spiro atoms. The minimum absolute atomic E-state index is 0.387.